The van der Waals surface area contributed by atoms with Crippen LogP contribution in [-0.2, 0) is 6.61 Å². The fourth-order valence-electron chi connectivity index (χ4n) is 1.54. The van der Waals surface area contributed by atoms with Gasteiger partial charge in [0.1, 0.15) is 6.61 Å². The molecule has 0 amide bonds. The van der Waals surface area contributed by atoms with Crippen molar-refractivity contribution < 1.29 is 19.4 Å². The summed E-state index contributed by atoms with van der Waals surface area (Å²) in [6, 6.07) is 11.0. The van der Waals surface area contributed by atoms with E-state index >= 15 is 0 Å². The zero-order chi connectivity index (χ0) is 13.7. The number of carboxylic acid groups (broad SMARTS) is 1. The maximum atomic E-state index is 10.8. The lowest BCUT2D eigenvalue weighted by Gasteiger charge is -2.10. The van der Waals surface area contributed by atoms with E-state index in [0.717, 1.165) is 5.56 Å². The average molecular weight is 259 g/mol. The third kappa shape index (κ3) is 3.22. The number of hydrogen-bond donors (Lipinski definition) is 1. The van der Waals surface area contributed by atoms with E-state index in [-0.39, 0.29) is 5.69 Å². The molecule has 0 aliphatic rings. The van der Waals surface area contributed by atoms with Gasteiger partial charge in [0, 0.05) is 6.07 Å². The van der Waals surface area contributed by atoms with Gasteiger partial charge in [-0.05, 0) is 5.56 Å². The van der Waals surface area contributed by atoms with Gasteiger partial charge in [-0.3, -0.25) is 0 Å². The van der Waals surface area contributed by atoms with Crippen molar-refractivity contribution in [2.45, 2.75) is 6.61 Å². The molecule has 5 nitrogen and oxygen atoms in total. The van der Waals surface area contributed by atoms with Gasteiger partial charge in [0.25, 0.3) is 0 Å². The van der Waals surface area contributed by atoms with Crippen LogP contribution in [0.25, 0.3) is 0 Å². The van der Waals surface area contributed by atoms with Crippen LogP contribution in [0.15, 0.2) is 42.6 Å². The van der Waals surface area contributed by atoms with Crippen LogP contribution in [0.3, 0.4) is 0 Å². The molecular formula is C14H13NO4. The summed E-state index contributed by atoms with van der Waals surface area (Å²) >= 11 is 0. The molecule has 0 unspecified atom stereocenters. The summed E-state index contributed by atoms with van der Waals surface area (Å²) in [5.74, 6) is -0.340. The molecule has 0 aliphatic carbocycles. The molecule has 0 radical (unpaired) electrons. The standard InChI is InChI=1S/C14H13NO4/c1-18-12-7-11(14(16)17)15-8-13(12)19-9-10-5-3-2-4-6-10/h2-8H,9H2,1H3,(H,16,17). The first-order valence-electron chi connectivity index (χ1n) is 5.64. The predicted molar refractivity (Wildman–Crippen MR) is 68.5 cm³/mol. The Hall–Kier alpha value is -2.56. The quantitative estimate of drug-likeness (QED) is 0.892. The van der Waals surface area contributed by atoms with E-state index in [0.29, 0.717) is 18.1 Å². The number of carbonyl (C=O) groups is 1. The maximum Gasteiger partial charge on any atom is 0.354 e. The minimum atomic E-state index is -1.10. The third-order valence-electron chi connectivity index (χ3n) is 2.51. The second-order valence-electron chi connectivity index (χ2n) is 3.80. The van der Waals surface area contributed by atoms with Crippen LogP contribution in [0.4, 0.5) is 0 Å². The Labute approximate surface area is 110 Å². The summed E-state index contributed by atoms with van der Waals surface area (Å²) < 4.78 is 10.7. The Bertz CT molecular complexity index is 569. The summed E-state index contributed by atoms with van der Waals surface area (Å²) in [4.78, 5) is 14.6. The normalized spacial score (nSPS) is 9.95. The molecule has 0 aliphatic heterocycles. The molecule has 0 fully saturated rings. The number of nitrogens with zero attached hydrogens (tertiary/aromatic N) is 1. The van der Waals surface area contributed by atoms with E-state index < -0.39 is 5.97 Å². The van der Waals surface area contributed by atoms with Crippen LogP contribution in [0, 0.1) is 0 Å². The number of ether oxygens (including phenoxy) is 2. The van der Waals surface area contributed by atoms with Crippen molar-refractivity contribution in [3.05, 3.63) is 53.9 Å². The van der Waals surface area contributed by atoms with Gasteiger partial charge in [-0.1, -0.05) is 30.3 Å². The number of methoxy groups -OCH3 is 1. The summed E-state index contributed by atoms with van der Waals surface area (Å²) in [6.07, 6.45) is 1.35. The van der Waals surface area contributed by atoms with E-state index in [4.69, 9.17) is 14.6 Å². The minimum Gasteiger partial charge on any atom is -0.493 e. The molecule has 0 saturated heterocycles. The van der Waals surface area contributed by atoms with Gasteiger partial charge in [0.2, 0.25) is 0 Å². The Morgan fingerprint density at radius 2 is 2.00 bits per heavy atom. The molecule has 1 aromatic carbocycles. The van der Waals surface area contributed by atoms with Crippen molar-refractivity contribution in [3.8, 4) is 11.5 Å². The molecule has 0 bridgehead atoms. The SMILES string of the molecule is COc1cc(C(=O)O)ncc1OCc1ccccc1. The number of rotatable bonds is 5. The molecule has 2 aromatic rings. The van der Waals surface area contributed by atoms with Crippen molar-refractivity contribution in [2.75, 3.05) is 7.11 Å². The lowest BCUT2D eigenvalue weighted by atomic mass is 10.2. The first-order chi connectivity index (χ1) is 9.20. The summed E-state index contributed by atoms with van der Waals surface area (Å²) in [5.41, 5.74) is 0.927. The highest BCUT2D eigenvalue weighted by Crippen LogP contribution is 2.27. The van der Waals surface area contributed by atoms with Gasteiger partial charge in [0.15, 0.2) is 17.2 Å². The van der Waals surface area contributed by atoms with Gasteiger partial charge >= 0.3 is 5.97 Å². The molecule has 2 rings (SSSR count). The first-order valence-corrected chi connectivity index (χ1v) is 5.64. The molecule has 0 saturated carbocycles. The number of pyridine rings is 1. The third-order valence-corrected chi connectivity index (χ3v) is 2.51. The monoisotopic (exact) mass is 259 g/mol. The Kier molecular flexibility index (Phi) is 3.97. The van der Waals surface area contributed by atoms with Gasteiger partial charge in [-0.25, -0.2) is 9.78 Å². The Morgan fingerprint density at radius 1 is 1.26 bits per heavy atom. The van der Waals surface area contributed by atoms with Crippen LogP contribution in [-0.4, -0.2) is 23.2 Å². The smallest absolute Gasteiger partial charge is 0.354 e. The molecule has 0 spiro atoms. The van der Waals surface area contributed by atoms with Crippen molar-refractivity contribution in [2.24, 2.45) is 0 Å². The highest BCUT2D eigenvalue weighted by Gasteiger charge is 2.11. The van der Waals surface area contributed by atoms with Crippen molar-refractivity contribution in [1.29, 1.82) is 0 Å². The predicted octanol–water partition coefficient (Wildman–Crippen LogP) is 2.37. The maximum absolute atomic E-state index is 10.8. The van der Waals surface area contributed by atoms with E-state index in [1.54, 1.807) is 0 Å². The average Bonchev–Trinajstić information content (AvgIpc) is 2.45. The topological polar surface area (TPSA) is 68.7 Å². The Balaban J connectivity index is 2.14. The van der Waals surface area contributed by atoms with E-state index in [9.17, 15) is 4.79 Å². The highest BCUT2D eigenvalue weighted by atomic mass is 16.5. The van der Waals surface area contributed by atoms with Gasteiger partial charge in [-0.15, -0.1) is 0 Å². The molecule has 1 N–H and O–H groups in total. The number of hydrogen-bond acceptors (Lipinski definition) is 4. The summed E-state index contributed by atoms with van der Waals surface area (Å²) in [7, 11) is 1.45. The number of aromatic carboxylic acids is 1. The van der Waals surface area contributed by atoms with Crippen molar-refractivity contribution in [1.82, 2.24) is 4.98 Å². The summed E-state index contributed by atoms with van der Waals surface area (Å²) in [6.45, 7) is 0.366. The van der Waals surface area contributed by atoms with E-state index in [2.05, 4.69) is 4.98 Å². The second-order valence-corrected chi connectivity index (χ2v) is 3.80. The minimum absolute atomic E-state index is 0.0797. The number of carboxylic acids is 1. The van der Waals surface area contributed by atoms with E-state index in [1.807, 2.05) is 30.3 Å². The molecule has 5 heteroatoms. The molecule has 0 atom stereocenters. The molecule has 19 heavy (non-hydrogen) atoms. The fraction of sp³-hybridized carbons (Fsp3) is 0.143. The summed E-state index contributed by atoms with van der Waals surface area (Å²) in [5, 5.41) is 8.84. The fourth-order valence-corrected chi connectivity index (χ4v) is 1.54. The van der Waals surface area contributed by atoms with Crippen LogP contribution >= 0.6 is 0 Å². The zero-order valence-corrected chi connectivity index (χ0v) is 10.4. The van der Waals surface area contributed by atoms with Crippen molar-refractivity contribution >= 4 is 5.97 Å². The number of benzene rings is 1. The Morgan fingerprint density at radius 3 is 2.63 bits per heavy atom. The molecular weight excluding hydrogens is 246 g/mol. The lowest BCUT2D eigenvalue weighted by molar-refractivity contribution is 0.0690. The first kappa shape index (κ1) is 12.9. The molecule has 98 valence electrons. The van der Waals surface area contributed by atoms with Crippen LogP contribution in [0.1, 0.15) is 16.1 Å². The van der Waals surface area contributed by atoms with Gasteiger partial charge < -0.3 is 14.6 Å². The van der Waals surface area contributed by atoms with Crippen LogP contribution in [0.2, 0.25) is 0 Å². The zero-order valence-electron chi connectivity index (χ0n) is 10.4. The lowest BCUT2D eigenvalue weighted by Crippen LogP contribution is -2.03. The van der Waals surface area contributed by atoms with Gasteiger partial charge in [-0.2, -0.15) is 0 Å². The number of aromatic nitrogens is 1. The molecule has 1 heterocycles. The largest absolute Gasteiger partial charge is 0.493 e. The van der Waals surface area contributed by atoms with Crippen molar-refractivity contribution in [3.63, 3.8) is 0 Å². The van der Waals surface area contributed by atoms with E-state index in [1.165, 1.54) is 19.4 Å². The van der Waals surface area contributed by atoms with Crippen LogP contribution in [0.5, 0.6) is 11.5 Å². The van der Waals surface area contributed by atoms with Gasteiger partial charge in [0.05, 0.1) is 13.3 Å². The molecule has 1 aromatic heterocycles. The highest BCUT2D eigenvalue weighted by molar-refractivity contribution is 5.86. The van der Waals surface area contributed by atoms with Crippen LogP contribution < -0.4 is 9.47 Å². The second kappa shape index (κ2) is 5.86.